The highest BCUT2D eigenvalue weighted by Gasteiger charge is 2.28. The Bertz CT molecular complexity index is 240. The molecule has 0 aliphatic heterocycles. The molecule has 0 heterocycles. The van der Waals surface area contributed by atoms with Gasteiger partial charge in [0.1, 0.15) is 0 Å². The maximum Gasteiger partial charge on any atom is 0.0626 e. The number of rotatable bonds is 6. The smallest absolute Gasteiger partial charge is 0.0626 e. The molecule has 1 N–H and O–H groups in total. The van der Waals surface area contributed by atoms with E-state index in [0.717, 1.165) is 30.9 Å². The van der Waals surface area contributed by atoms with Gasteiger partial charge in [-0.1, -0.05) is 33.6 Å². The third-order valence-corrected chi connectivity index (χ3v) is 5.08. The zero-order valence-electron chi connectivity index (χ0n) is 13.2. The summed E-state index contributed by atoms with van der Waals surface area (Å²) < 4.78 is 6.29. The lowest BCUT2D eigenvalue weighted by Crippen LogP contribution is -2.41. The van der Waals surface area contributed by atoms with Crippen molar-refractivity contribution in [3.8, 4) is 0 Å². The fourth-order valence-electron chi connectivity index (χ4n) is 4.23. The van der Waals surface area contributed by atoms with E-state index in [2.05, 4.69) is 26.1 Å². The highest BCUT2D eigenvalue weighted by atomic mass is 16.5. The Morgan fingerprint density at radius 1 is 1.05 bits per heavy atom. The second kappa shape index (κ2) is 7.64. The van der Waals surface area contributed by atoms with Crippen LogP contribution in [0.1, 0.15) is 65.7 Å². The largest absolute Gasteiger partial charge is 0.377 e. The first-order chi connectivity index (χ1) is 9.19. The van der Waals surface area contributed by atoms with E-state index in [1.165, 1.54) is 44.9 Å². The summed E-state index contributed by atoms with van der Waals surface area (Å²) in [6.45, 7) is 8.98. The minimum atomic E-state index is 0.515. The predicted molar refractivity (Wildman–Crippen MR) is 81.3 cm³/mol. The number of likely N-dealkylation sites (N-methyl/N-ethyl adjacent to an activating group) is 1. The number of nitrogens with one attached hydrogen (secondary N) is 1. The molecule has 19 heavy (non-hydrogen) atoms. The average Bonchev–Trinajstić information content (AvgIpc) is 2.87. The molecule has 2 aliphatic carbocycles. The first kappa shape index (κ1) is 15.3. The van der Waals surface area contributed by atoms with Crippen LogP contribution in [-0.4, -0.2) is 25.3 Å². The fraction of sp³-hybridized carbons (Fsp3) is 1.00. The van der Waals surface area contributed by atoms with Crippen molar-refractivity contribution in [2.24, 2.45) is 17.8 Å². The quantitative estimate of drug-likeness (QED) is 0.785. The Labute approximate surface area is 119 Å². The Kier molecular flexibility index (Phi) is 6.15. The van der Waals surface area contributed by atoms with Crippen LogP contribution in [0.5, 0.6) is 0 Å². The Hall–Kier alpha value is -0.0800. The normalized spacial score (nSPS) is 34.6. The van der Waals surface area contributed by atoms with E-state index in [-0.39, 0.29) is 0 Å². The molecule has 0 aromatic rings. The molecule has 2 rings (SSSR count). The van der Waals surface area contributed by atoms with Crippen molar-refractivity contribution in [1.82, 2.24) is 5.32 Å². The number of hydrogen-bond donors (Lipinski definition) is 1. The van der Waals surface area contributed by atoms with Gasteiger partial charge in [0.15, 0.2) is 0 Å². The Balaban J connectivity index is 1.77. The van der Waals surface area contributed by atoms with Crippen LogP contribution in [0.4, 0.5) is 0 Å². The topological polar surface area (TPSA) is 21.3 Å². The molecule has 2 saturated carbocycles. The third kappa shape index (κ3) is 4.75. The molecule has 0 spiro atoms. The highest BCUT2D eigenvalue weighted by molar-refractivity contribution is 4.82. The van der Waals surface area contributed by atoms with Crippen LogP contribution in [0.25, 0.3) is 0 Å². The molecule has 3 unspecified atom stereocenters. The lowest BCUT2D eigenvalue weighted by atomic mass is 9.82. The molecule has 2 nitrogen and oxygen atoms in total. The number of hydrogen-bond acceptors (Lipinski definition) is 2. The van der Waals surface area contributed by atoms with Crippen molar-refractivity contribution in [2.75, 3.05) is 13.2 Å². The van der Waals surface area contributed by atoms with E-state index in [1.807, 2.05) is 0 Å². The van der Waals surface area contributed by atoms with Crippen molar-refractivity contribution in [3.63, 3.8) is 0 Å². The van der Waals surface area contributed by atoms with Gasteiger partial charge in [-0.25, -0.2) is 0 Å². The van der Waals surface area contributed by atoms with Gasteiger partial charge in [-0.05, 0) is 56.4 Å². The first-order valence-corrected chi connectivity index (χ1v) is 8.54. The Morgan fingerprint density at radius 3 is 2.26 bits per heavy atom. The van der Waals surface area contributed by atoms with Crippen LogP contribution < -0.4 is 5.32 Å². The Morgan fingerprint density at radius 2 is 1.68 bits per heavy atom. The van der Waals surface area contributed by atoms with Gasteiger partial charge in [0.25, 0.3) is 0 Å². The average molecular weight is 267 g/mol. The van der Waals surface area contributed by atoms with Gasteiger partial charge in [-0.2, -0.15) is 0 Å². The van der Waals surface area contributed by atoms with Crippen LogP contribution in [0.15, 0.2) is 0 Å². The van der Waals surface area contributed by atoms with E-state index in [9.17, 15) is 0 Å². The monoisotopic (exact) mass is 267 g/mol. The summed E-state index contributed by atoms with van der Waals surface area (Å²) in [7, 11) is 0. The van der Waals surface area contributed by atoms with Gasteiger partial charge in [0.05, 0.1) is 12.7 Å². The van der Waals surface area contributed by atoms with Crippen LogP contribution >= 0.6 is 0 Å². The predicted octanol–water partition coefficient (Wildman–Crippen LogP) is 4.00. The SMILES string of the molecule is CCNC(COC1CC(C)CC(C)C1)C1CCCC1. The van der Waals surface area contributed by atoms with Gasteiger partial charge < -0.3 is 10.1 Å². The van der Waals surface area contributed by atoms with E-state index in [4.69, 9.17) is 4.74 Å². The van der Waals surface area contributed by atoms with Crippen molar-refractivity contribution in [1.29, 1.82) is 0 Å². The molecule has 0 aromatic carbocycles. The molecule has 0 radical (unpaired) electrons. The van der Waals surface area contributed by atoms with Gasteiger partial charge in [0.2, 0.25) is 0 Å². The van der Waals surface area contributed by atoms with E-state index < -0.39 is 0 Å². The molecule has 0 saturated heterocycles. The van der Waals surface area contributed by atoms with E-state index >= 15 is 0 Å². The zero-order chi connectivity index (χ0) is 13.7. The fourth-order valence-corrected chi connectivity index (χ4v) is 4.23. The van der Waals surface area contributed by atoms with Gasteiger partial charge >= 0.3 is 0 Å². The molecule has 0 aromatic heterocycles. The molecule has 0 amide bonds. The van der Waals surface area contributed by atoms with E-state index in [1.54, 1.807) is 0 Å². The van der Waals surface area contributed by atoms with Crippen molar-refractivity contribution < 1.29 is 4.74 Å². The summed E-state index contributed by atoms with van der Waals surface area (Å²) in [6.07, 6.45) is 10.1. The summed E-state index contributed by atoms with van der Waals surface area (Å²) in [5.74, 6) is 2.55. The first-order valence-electron chi connectivity index (χ1n) is 8.54. The lowest BCUT2D eigenvalue weighted by Gasteiger charge is -2.33. The molecular formula is C17H33NO. The molecule has 2 heteroatoms. The van der Waals surface area contributed by atoms with Crippen LogP contribution in [0, 0.1) is 17.8 Å². The lowest BCUT2D eigenvalue weighted by molar-refractivity contribution is -0.0153. The zero-order valence-corrected chi connectivity index (χ0v) is 13.2. The van der Waals surface area contributed by atoms with Gasteiger partial charge in [-0.15, -0.1) is 0 Å². The van der Waals surface area contributed by atoms with Gasteiger partial charge in [0, 0.05) is 6.04 Å². The maximum absolute atomic E-state index is 6.29. The van der Waals surface area contributed by atoms with Crippen molar-refractivity contribution in [3.05, 3.63) is 0 Å². The molecule has 2 fully saturated rings. The molecule has 3 atom stereocenters. The minimum Gasteiger partial charge on any atom is -0.377 e. The third-order valence-electron chi connectivity index (χ3n) is 5.08. The summed E-state index contributed by atoms with van der Waals surface area (Å²) in [4.78, 5) is 0. The summed E-state index contributed by atoms with van der Waals surface area (Å²) >= 11 is 0. The summed E-state index contributed by atoms with van der Waals surface area (Å²) in [6, 6.07) is 0.597. The molecule has 112 valence electrons. The molecule has 0 bridgehead atoms. The molecular weight excluding hydrogens is 234 g/mol. The second-order valence-electron chi connectivity index (χ2n) is 7.08. The maximum atomic E-state index is 6.29. The second-order valence-corrected chi connectivity index (χ2v) is 7.08. The van der Waals surface area contributed by atoms with Gasteiger partial charge in [-0.3, -0.25) is 0 Å². The molecule has 2 aliphatic rings. The van der Waals surface area contributed by atoms with Crippen LogP contribution in [-0.2, 0) is 4.74 Å². The van der Waals surface area contributed by atoms with E-state index in [0.29, 0.717) is 12.1 Å². The van der Waals surface area contributed by atoms with Crippen LogP contribution in [0.2, 0.25) is 0 Å². The van der Waals surface area contributed by atoms with Crippen molar-refractivity contribution >= 4 is 0 Å². The summed E-state index contributed by atoms with van der Waals surface area (Å²) in [5.41, 5.74) is 0. The van der Waals surface area contributed by atoms with Crippen molar-refractivity contribution in [2.45, 2.75) is 77.9 Å². The minimum absolute atomic E-state index is 0.515. The van der Waals surface area contributed by atoms with Crippen LogP contribution in [0.3, 0.4) is 0 Å². The number of ether oxygens (including phenoxy) is 1. The summed E-state index contributed by atoms with van der Waals surface area (Å²) in [5, 5.41) is 3.66. The standard InChI is InChI=1S/C17H33NO/c1-4-18-17(15-7-5-6-8-15)12-19-16-10-13(2)9-14(3)11-16/h13-18H,4-12H2,1-3H3. The highest BCUT2D eigenvalue weighted by Crippen LogP contribution is 2.32.